The molecule has 0 aliphatic rings. The van der Waals surface area contributed by atoms with Crippen molar-refractivity contribution in [2.24, 2.45) is 0 Å². The summed E-state index contributed by atoms with van der Waals surface area (Å²) in [5.41, 5.74) is 6.84. The largest absolute Gasteiger partial charge is 0.296 e. The molecule has 0 radical (unpaired) electrons. The van der Waals surface area contributed by atoms with Crippen molar-refractivity contribution >= 4 is 15.5 Å². The Bertz CT molecular complexity index is 1240. The molecule has 3 aromatic heterocycles. The van der Waals surface area contributed by atoms with E-state index in [0.717, 1.165) is 39.4 Å². The van der Waals surface area contributed by atoms with Gasteiger partial charge in [0.05, 0.1) is 16.3 Å². The van der Waals surface area contributed by atoms with Crippen LogP contribution in [0.4, 0.5) is 0 Å². The summed E-state index contributed by atoms with van der Waals surface area (Å²) in [7, 11) is -3.22. The zero-order chi connectivity index (χ0) is 19.2. The number of pyridine rings is 2. The number of sulfone groups is 1. The summed E-state index contributed by atoms with van der Waals surface area (Å²) in [6.07, 6.45) is 4.82. The third-order valence-corrected chi connectivity index (χ3v) is 5.86. The van der Waals surface area contributed by atoms with Gasteiger partial charge in [0.2, 0.25) is 0 Å². The van der Waals surface area contributed by atoms with Gasteiger partial charge in [0.15, 0.2) is 9.84 Å². The van der Waals surface area contributed by atoms with Crippen LogP contribution >= 0.6 is 0 Å². The monoisotopic (exact) mass is 377 g/mol. The third kappa shape index (κ3) is 3.02. The van der Waals surface area contributed by atoms with Crippen molar-refractivity contribution in [3.8, 4) is 22.4 Å². The van der Waals surface area contributed by atoms with Crippen LogP contribution in [0.1, 0.15) is 11.4 Å². The summed E-state index contributed by atoms with van der Waals surface area (Å²) >= 11 is 0. The molecule has 0 amide bonds. The molecule has 6 heteroatoms. The summed E-state index contributed by atoms with van der Waals surface area (Å²) in [5, 5.41) is 0. The molecule has 4 aromatic rings. The first kappa shape index (κ1) is 17.4. The first-order chi connectivity index (χ1) is 12.9. The summed E-state index contributed by atoms with van der Waals surface area (Å²) < 4.78 is 25.6. The zero-order valence-electron chi connectivity index (χ0n) is 15.3. The topological polar surface area (TPSA) is 64.3 Å². The fourth-order valence-electron chi connectivity index (χ4n) is 3.43. The Kier molecular flexibility index (Phi) is 4.08. The number of hydrogen-bond donors (Lipinski definition) is 0. The van der Waals surface area contributed by atoms with Crippen molar-refractivity contribution in [1.82, 2.24) is 14.4 Å². The lowest BCUT2D eigenvalue weighted by Gasteiger charge is -2.12. The summed E-state index contributed by atoms with van der Waals surface area (Å²) in [5.74, 6) is 0. The van der Waals surface area contributed by atoms with Gasteiger partial charge in [-0.2, -0.15) is 0 Å². The van der Waals surface area contributed by atoms with Crippen molar-refractivity contribution in [3.63, 3.8) is 0 Å². The van der Waals surface area contributed by atoms with Crippen LogP contribution in [-0.2, 0) is 9.84 Å². The van der Waals surface area contributed by atoms with Crippen molar-refractivity contribution in [2.75, 3.05) is 6.26 Å². The Morgan fingerprint density at radius 2 is 1.67 bits per heavy atom. The number of aromatic nitrogens is 3. The van der Waals surface area contributed by atoms with Crippen LogP contribution in [0, 0.1) is 13.8 Å². The predicted octanol–water partition coefficient (Wildman–Crippen LogP) is 4.08. The first-order valence-corrected chi connectivity index (χ1v) is 10.4. The third-order valence-electron chi connectivity index (χ3n) is 4.73. The molecular weight excluding hydrogens is 358 g/mol. The van der Waals surface area contributed by atoms with Gasteiger partial charge in [0, 0.05) is 41.0 Å². The molecule has 0 aliphatic carbocycles. The van der Waals surface area contributed by atoms with Crippen LogP contribution in [0.5, 0.6) is 0 Å². The number of fused-ring (bicyclic) bond motifs is 1. The van der Waals surface area contributed by atoms with E-state index in [-0.39, 0.29) is 0 Å². The quantitative estimate of drug-likeness (QED) is 0.540. The average Bonchev–Trinajstić information content (AvgIpc) is 2.99. The lowest BCUT2D eigenvalue weighted by atomic mass is 10.1. The van der Waals surface area contributed by atoms with Gasteiger partial charge in [-0.1, -0.05) is 18.2 Å². The standard InChI is InChI=1S/C21H19N3O2S/c1-14-21(16-6-8-18(9-7-16)27(3,25)26)24-15(2)19(10-11-20(24)23-14)17-5-4-12-22-13-17/h4-13H,1-3H3. The summed E-state index contributed by atoms with van der Waals surface area (Å²) in [6.45, 7) is 4.03. The Morgan fingerprint density at radius 1 is 0.926 bits per heavy atom. The van der Waals surface area contributed by atoms with E-state index in [9.17, 15) is 8.42 Å². The highest BCUT2D eigenvalue weighted by Gasteiger charge is 2.16. The van der Waals surface area contributed by atoms with Crippen LogP contribution in [0.3, 0.4) is 0 Å². The zero-order valence-corrected chi connectivity index (χ0v) is 16.2. The van der Waals surface area contributed by atoms with Crippen LogP contribution in [0.25, 0.3) is 28.0 Å². The number of rotatable bonds is 3. The Morgan fingerprint density at radius 3 is 2.30 bits per heavy atom. The van der Waals surface area contributed by atoms with Crippen LogP contribution in [0.2, 0.25) is 0 Å². The van der Waals surface area contributed by atoms with Crippen molar-refractivity contribution in [3.05, 3.63) is 72.3 Å². The number of imidazole rings is 1. The molecule has 0 saturated heterocycles. The highest BCUT2D eigenvalue weighted by molar-refractivity contribution is 7.90. The molecule has 4 rings (SSSR count). The molecule has 5 nitrogen and oxygen atoms in total. The second kappa shape index (κ2) is 6.32. The second-order valence-electron chi connectivity index (χ2n) is 6.61. The summed E-state index contributed by atoms with van der Waals surface area (Å²) in [6, 6.07) is 15.0. The van der Waals surface area contributed by atoms with E-state index in [1.54, 1.807) is 18.3 Å². The summed E-state index contributed by atoms with van der Waals surface area (Å²) in [4.78, 5) is 9.21. The Balaban J connectivity index is 1.94. The van der Waals surface area contributed by atoms with E-state index < -0.39 is 9.84 Å². The number of hydrogen-bond acceptors (Lipinski definition) is 4. The first-order valence-electron chi connectivity index (χ1n) is 8.56. The molecule has 0 bridgehead atoms. The van der Waals surface area contributed by atoms with Gasteiger partial charge >= 0.3 is 0 Å². The van der Waals surface area contributed by atoms with Gasteiger partial charge in [-0.3, -0.25) is 9.38 Å². The average molecular weight is 377 g/mol. The van der Waals surface area contributed by atoms with Gasteiger partial charge in [-0.15, -0.1) is 0 Å². The molecule has 136 valence electrons. The molecule has 0 saturated carbocycles. The molecular formula is C21H19N3O2S. The Hall–Kier alpha value is -2.99. The van der Waals surface area contributed by atoms with Crippen LogP contribution < -0.4 is 0 Å². The van der Waals surface area contributed by atoms with Gasteiger partial charge in [0.1, 0.15) is 5.65 Å². The predicted molar refractivity (Wildman–Crippen MR) is 106 cm³/mol. The minimum atomic E-state index is -3.22. The highest BCUT2D eigenvalue weighted by atomic mass is 32.2. The van der Waals surface area contributed by atoms with Gasteiger partial charge in [0.25, 0.3) is 0 Å². The fourth-order valence-corrected chi connectivity index (χ4v) is 4.06. The molecule has 27 heavy (non-hydrogen) atoms. The number of nitrogens with zero attached hydrogens (tertiary/aromatic N) is 3. The molecule has 0 atom stereocenters. The second-order valence-corrected chi connectivity index (χ2v) is 8.63. The molecule has 0 fully saturated rings. The molecule has 0 unspecified atom stereocenters. The SMILES string of the molecule is Cc1nc2ccc(-c3cccnc3)c(C)n2c1-c1ccc(S(C)(=O)=O)cc1. The maximum atomic E-state index is 11.7. The van der Waals surface area contributed by atoms with E-state index in [2.05, 4.69) is 27.4 Å². The van der Waals surface area contributed by atoms with Gasteiger partial charge in [-0.25, -0.2) is 13.4 Å². The number of benzene rings is 1. The van der Waals surface area contributed by atoms with E-state index in [4.69, 9.17) is 0 Å². The highest BCUT2D eigenvalue weighted by Crippen LogP contribution is 2.31. The van der Waals surface area contributed by atoms with Crippen LogP contribution in [0.15, 0.2) is 65.8 Å². The normalized spacial score (nSPS) is 11.8. The fraction of sp³-hybridized carbons (Fsp3) is 0.143. The van der Waals surface area contributed by atoms with Gasteiger partial charge in [-0.05, 0) is 44.2 Å². The molecule has 0 spiro atoms. The maximum Gasteiger partial charge on any atom is 0.175 e. The Labute approximate surface area is 158 Å². The molecule has 0 N–H and O–H groups in total. The molecule has 0 aliphatic heterocycles. The van der Waals surface area contributed by atoms with E-state index >= 15 is 0 Å². The molecule has 1 aromatic carbocycles. The van der Waals surface area contributed by atoms with Crippen molar-refractivity contribution in [1.29, 1.82) is 0 Å². The number of aryl methyl sites for hydroxylation is 2. The van der Waals surface area contributed by atoms with Gasteiger partial charge < -0.3 is 0 Å². The van der Waals surface area contributed by atoms with Crippen molar-refractivity contribution in [2.45, 2.75) is 18.7 Å². The van der Waals surface area contributed by atoms with Crippen LogP contribution in [-0.4, -0.2) is 29.0 Å². The van der Waals surface area contributed by atoms with E-state index in [1.165, 1.54) is 6.26 Å². The maximum absolute atomic E-state index is 11.7. The van der Waals surface area contributed by atoms with Crippen molar-refractivity contribution < 1.29 is 8.42 Å². The molecule has 3 heterocycles. The van der Waals surface area contributed by atoms with E-state index in [0.29, 0.717) is 4.90 Å². The minimum absolute atomic E-state index is 0.311. The lowest BCUT2D eigenvalue weighted by molar-refractivity contribution is 0.602. The van der Waals surface area contributed by atoms with E-state index in [1.807, 2.05) is 43.5 Å². The lowest BCUT2D eigenvalue weighted by Crippen LogP contribution is -1.99. The minimum Gasteiger partial charge on any atom is -0.296 e. The smallest absolute Gasteiger partial charge is 0.175 e.